The zero-order chi connectivity index (χ0) is 13.9. The molecule has 9 nitrogen and oxygen atoms in total. The molecular formula is C9H15N3O6. The van der Waals surface area contributed by atoms with Crippen LogP contribution in [0.2, 0.25) is 0 Å². The maximum absolute atomic E-state index is 11.4. The van der Waals surface area contributed by atoms with Crippen molar-refractivity contribution < 1.29 is 15.3 Å². The predicted octanol–water partition coefficient (Wildman–Crippen LogP) is -3.42. The summed E-state index contributed by atoms with van der Waals surface area (Å²) >= 11 is 0. The minimum Gasteiger partial charge on any atom is -0.396 e. The topological polar surface area (TPSA) is 148 Å². The summed E-state index contributed by atoms with van der Waals surface area (Å²) in [6.07, 6.45) is 0. The second kappa shape index (κ2) is 5.29. The van der Waals surface area contributed by atoms with E-state index in [2.05, 4.69) is 0 Å². The first-order valence-electron chi connectivity index (χ1n) is 5.19. The smallest absolute Gasteiger partial charge is 0.333 e. The molecule has 5 N–H and O–H groups in total. The Labute approximate surface area is 100 Å². The second-order valence-electron chi connectivity index (χ2n) is 4.19. The molecule has 0 saturated heterocycles. The van der Waals surface area contributed by atoms with Gasteiger partial charge in [0.1, 0.15) is 0 Å². The molecule has 1 heterocycles. The molecule has 18 heavy (non-hydrogen) atoms. The van der Waals surface area contributed by atoms with Gasteiger partial charge in [0.15, 0.2) is 0 Å². The molecule has 0 aromatic carbocycles. The van der Waals surface area contributed by atoms with Gasteiger partial charge in [0.25, 0.3) is 0 Å². The summed E-state index contributed by atoms with van der Waals surface area (Å²) in [5.74, 6) is -0.921. The van der Waals surface area contributed by atoms with Crippen molar-refractivity contribution in [1.29, 1.82) is 0 Å². The Morgan fingerprint density at radius 3 is 2.00 bits per heavy atom. The van der Waals surface area contributed by atoms with Crippen LogP contribution in [0, 0.1) is 5.92 Å². The summed E-state index contributed by atoms with van der Waals surface area (Å²) < 4.78 is 0.583. The van der Waals surface area contributed by atoms with Crippen LogP contribution in [0.5, 0.6) is 0 Å². The van der Waals surface area contributed by atoms with E-state index >= 15 is 0 Å². The average Bonchev–Trinajstić information content (AvgIpc) is 2.24. The largest absolute Gasteiger partial charge is 0.396 e. The molecule has 1 aromatic rings. The average molecular weight is 261 g/mol. The van der Waals surface area contributed by atoms with Crippen LogP contribution in [0.4, 0.5) is 0 Å². The summed E-state index contributed by atoms with van der Waals surface area (Å²) in [6, 6.07) is 0. The van der Waals surface area contributed by atoms with Crippen molar-refractivity contribution in [3.63, 3.8) is 0 Å². The quantitative estimate of drug-likeness (QED) is 0.372. The molecule has 0 radical (unpaired) electrons. The van der Waals surface area contributed by atoms with E-state index in [1.54, 1.807) is 0 Å². The van der Waals surface area contributed by atoms with E-state index in [9.17, 15) is 19.5 Å². The van der Waals surface area contributed by atoms with Gasteiger partial charge in [0, 0.05) is 5.92 Å². The number of nitrogens with zero attached hydrogens (tertiary/aromatic N) is 1. The third kappa shape index (κ3) is 2.94. The summed E-state index contributed by atoms with van der Waals surface area (Å²) in [5, 5.41) is 28.0. The molecule has 1 unspecified atom stereocenters. The number of nitrogens with one attached hydrogen (secondary N) is 2. The number of H-pyrrole nitrogens is 2. The monoisotopic (exact) mass is 261 g/mol. The van der Waals surface area contributed by atoms with Gasteiger partial charge < -0.3 is 15.3 Å². The fraction of sp³-hybridized carbons (Fsp3) is 0.667. The fourth-order valence-electron chi connectivity index (χ4n) is 1.50. The lowest BCUT2D eigenvalue weighted by molar-refractivity contribution is -0.0590. The van der Waals surface area contributed by atoms with Gasteiger partial charge in [-0.3, -0.25) is 9.97 Å². The van der Waals surface area contributed by atoms with Gasteiger partial charge in [0.05, 0.1) is 25.4 Å². The Kier molecular flexibility index (Phi) is 4.22. The van der Waals surface area contributed by atoms with Crippen LogP contribution < -0.4 is 17.1 Å². The Balaban J connectivity index is 3.16. The third-order valence-electron chi connectivity index (χ3n) is 2.73. The molecule has 0 spiro atoms. The van der Waals surface area contributed by atoms with E-state index < -0.39 is 48.3 Å². The number of hydrogen-bond donors (Lipinski definition) is 5. The molecule has 0 aliphatic carbocycles. The van der Waals surface area contributed by atoms with Crippen molar-refractivity contribution in [2.45, 2.75) is 19.1 Å². The van der Waals surface area contributed by atoms with Crippen molar-refractivity contribution in [2.75, 3.05) is 13.2 Å². The standard InChI is InChI=1S/C9H15N3O6/c1-9(18,5(2-13)3-14)4-12-7(16)10-6(15)11-8(12)17/h5,13-14,18H,2-4H2,1H3,(H2,10,11,15,16,17). The molecule has 0 fully saturated rings. The van der Waals surface area contributed by atoms with Crippen LogP contribution in [0.1, 0.15) is 6.92 Å². The normalized spacial score (nSPS) is 14.7. The molecule has 9 heteroatoms. The molecule has 1 atom stereocenters. The highest BCUT2D eigenvalue weighted by Gasteiger charge is 2.32. The highest BCUT2D eigenvalue weighted by atomic mass is 16.3. The molecular weight excluding hydrogens is 246 g/mol. The first kappa shape index (κ1) is 14.4. The second-order valence-corrected chi connectivity index (χ2v) is 4.19. The zero-order valence-corrected chi connectivity index (χ0v) is 9.71. The van der Waals surface area contributed by atoms with E-state index in [4.69, 9.17) is 10.2 Å². The van der Waals surface area contributed by atoms with Crippen molar-refractivity contribution >= 4 is 0 Å². The van der Waals surface area contributed by atoms with Crippen molar-refractivity contribution in [2.24, 2.45) is 5.92 Å². The lowest BCUT2D eigenvalue weighted by Gasteiger charge is -2.30. The van der Waals surface area contributed by atoms with E-state index in [-0.39, 0.29) is 0 Å². The number of aliphatic hydroxyl groups excluding tert-OH is 2. The number of rotatable bonds is 5. The Morgan fingerprint density at radius 2 is 1.61 bits per heavy atom. The van der Waals surface area contributed by atoms with Gasteiger partial charge in [-0.15, -0.1) is 0 Å². The maximum Gasteiger partial charge on any atom is 0.333 e. The van der Waals surface area contributed by atoms with Gasteiger partial charge >= 0.3 is 17.1 Å². The molecule has 0 amide bonds. The summed E-state index contributed by atoms with van der Waals surface area (Å²) in [4.78, 5) is 37.3. The van der Waals surface area contributed by atoms with Crippen LogP contribution >= 0.6 is 0 Å². The SMILES string of the molecule is CC(O)(Cn1c(=O)[nH]c(=O)[nH]c1=O)C(CO)CO. The van der Waals surface area contributed by atoms with E-state index in [0.717, 1.165) is 0 Å². The Bertz CT molecular complexity index is 530. The molecule has 0 saturated carbocycles. The van der Waals surface area contributed by atoms with Crippen LogP contribution in [-0.4, -0.2) is 48.7 Å². The maximum atomic E-state index is 11.4. The number of hydrogen-bond acceptors (Lipinski definition) is 6. The van der Waals surface area contributed by atoms with Crippen molar-refractivity contribution in [1.82, 2.24) is 14.5 Å². The van der Waals surface area contributed by atoms with Gasteiger partial charge in [-0.05, 0) is 6.92 Å². The van der Waals surface area contributed by atoms with Crippen molar-refractivity contribution in [3.05, 3.63) is 31.5 Å². The van der Waals surface area contributed by atoms with Gasteiger partial charge in [-0.2, -0.15) is 0 Å². The number of aromatic nitrogens is 3. The number of aromatic amines is 2. The summed E-state index contributed by atoms with van der Waals surface area (Å²) in [5.41, 5.74) is -4.57. The minimum atomic E-state index is -1.68. The molecule has 0 aliphatic rings. The minimum absolute atomic E-state index is 0.469. The van der Waals surface area contributed by atoms with Gasteiger partial charge in [-0.1, -0.05) is 0 Å². The summed E-state index contributed by atoms with van der Waals surface area (Å²) in [7, 11) is 0. The number of aliphatic hydroxyl groups is 3. The molecule has 102 valence electrons. The Hall–Kier alpha value is -1.71. The molecule has 0 aliphatic heterocycles. The van der Waals surface area contributed by atoms with Gasteiger partial charge in [-0.25, -0.2) is 19.0 Å². The van der Waals surface area contributed by atoms with Crippen LogP contribution in [0.3, 0.4) is 0 Å². The highest BCUT2D eigenvalue weighted by molar-refractivity contribution is 4.83. The van der Waals surface area contributed by atoms with Crippen LogP contribution in [0.15, 0.2) is 14.4 Å². The summed E-state index contributed by atoms with van der Waals surface area (Å²) in [6.45, 7) is -0.232. The highest BCUT2D eigenvalue weighted by Crippen LogP contribution is 2.17. The Morgan fingerprint density at radius 1 is 1.17 bits per heavy atom. The lowest BCUT2D eigenvalue weighted by atomic mass is 9.90. The van der Waals surface area contributed by atoms with E-state index in [1.165, 1.54) is 6.92 Å². The van der Waals surface area contributed by atoms with Gasteiger partial charge in [0.2, 0.25) is 0 Å². The zero-order valence-electron chi connectivity index (χ0n) is 9.71. The van der Waals surface area contributed by atoms with Crippen LogP contribution in [0.25, 0.3) is 0 Å². The molecule has 0 bridgehead atoms. The third-order valence-corrected chi connectivity index (χ3v) is 2.73. The predicted molar refractivity (Wildman–Crippen MR) is 60.2 cm³/mol. The van der Waals surface area contributed by atoms with Crippen molar-refractivity contribution in [3.8, 4) is 0 Å². The van der Waals surface area contributed by atoms with Crippen LogP contribution in [-0.2, 0) is 6.54 Å². The first-order chi connectivity index (χ1) is 8.31. The van der Waals surface area contributed by atoms with E-state index in [0.29, 0.717) is 4.57 Å². The fourth-order valence-corrected chi connectivity index (χ4v) is 1.50. The lowest BCUT2D eigenvalue weighted by Crippen LogP contribution is -2.51. The molecule has 1 rings (SSSR count). The van der Waals surface area contributed by atoms with E-state index in [1.807, 2.05) is 9.97 Å². The molecule has 1 aromatic heterocycles. The first-order valence-corrected chi connectivity index (χ1v) is 5.19.